The molecule has 0 unspecified atom stereocenters. The molecule has 0 radical (unpaired) electrons. The molecule has 0 amide bonds. The molecule has 1 aliphatic carbocycles. The summed E-state index contributed by atoms with van der Waals surface area (Å²) in [6.45, 7) is -0.0623. The number of sulfonamides is 1. The number of furan rings is 1. The van der Waals surface area contributed by atoms with Crippen molar-refractivity contribution in [3.63, 3.8) is 0 Å². The molecular weight excluding hydrogens is 491 g/mol. The van der Waals surface area contributed by atoms with Crippen LogP contribution in [0.5, 0.6) is 0 Å². The summed E-state index contributed by atoms with van der Waals surface area (Å²) in [5.74, 6) is 0.387. The van der Waals surface area contributed by atoms with E-state index in [1.807, 2.05) is 0 Å². The number of primary sulfonamides is 1. The van der Waals surface area contributed by atoms with E-state index in [1.54, 1.807) is 12.1 Å². The first kappa shape index (κ1) is 27.3. The van der Waals surface area contributed by atoms with Crippen molar-refractivity contribution < 1.29 is 63.8 Å². The van der Waals surface area contributed by atoms with Crippen LogP contribution in [0, 0.1) is 0 Å². The Morgan fingerprint density at radius 1 is 0.969 bits per heavy atom. The maximum Gasteiger partial charge on any atom is 1.00 e. The molecule has 1 aliphatic rings. The predicted molar refractivity (Wildman–Crippen MR) is 110 cm³/mol. The second-order valence-electron chi connectivity index (χ2n) is 7.39. The van der Waals surface area contributed by atoms with E-state index >= 15 is 0 Å². The molecule has 32 heavy (non-hydrogen) atoms. The Morgan fingerprint density at radius 2 is 1.59 bits per heavy atom. The molecule has 0 saturated heterocycles. The van der Waals surface area contributed by atoms with Gasteiger partial charge in [-0.05, 0) is 37.1 Å². The molecule has 14 heteroatoms. The number of rotatable bonds is 7. The normalized spacial score (nSPS) is 16.2. The van der Waals surface area contributed by atoms with Crippen molar-refractivity contribution in [1.82, 2.24) is 0 Å². The summed E-state index contributed by atoms with van der Waals surface area (Å²) in [5.41, 5.74) is -0.342. The third-order valence-electron chi connectivity index (χ3n) is 5.20. The third kappa shape index (κ3) is 6.35. The quantitative estimate of drug-likeness (QED) is 0.265. The monoisotopic (exact) mass is 514 g/mol. The SMILES string of the molecule is NS(=O)(=O)c1cc(S(=O)(=O)[O-])c(NCc2ccco2)cc1S(=O)(=O)C1CCCCCC1.[Na+]. The van der Waals surface area contributed by atoms with Crippen molar-refractivity contribution in [3.05, 3.63) is 36.3 Å². The van der Waals surface area contributed by atoms with Gasteiger partial charge in [0.1, 0.15) is 20.8 Å². The van der Waals surface area contributed by atoms with Gasteiger partial charge in [-0.25, -0.2) is 30.4 Å². The summed E-state index contributed by atoms with van der Waals surface area (Å²) in [6.07, 6.45) is 5.17. The van der Waals surface area contributed by atoms with Gasteiger partial charge in [-0.3, -0.25) is 0 Å². The van der Waals surface area contributed by atoms with E-state index in [-0.39, 0.29) is 41.8 Å². The van der Waals surface area contributed by atoms with Crippen LogP contribution in [0.15, 0.2) is 49.6 Å². The van der Waals surface area contributed by atoms with Crippen molar-refractivity contribution in [2.75, 3.05) is 5.32 Å². The molecule has 3 N–H and O–H groups in total. The molecule has 1 aromatic carbocycles. The van der Waals surface area contributed by atoms with E-state index in [9.17, 15) is 29.8 Å². The van der Waals surface area contributed by atoms with Gasteiger partial charge in [-0.2, -0.15) is 0 Å². The van der Waals surface area contributed by atoms with Crippen molar-refractivity contribution >= 4 is 35.7 Å². The zero-order valence-electron chi connectivity index (χ0n) is 17.5. The Balaban J connectivity index is 0.00000363. The molecule has 2 aromatic rings. The maximum absolute atomic E-state index is 13.4. The Kier molecular flexibility index (Phi) is 9.01. The van der Waals surface area contributed by atoms with Crippen LogP contribution in [0.3, 0.4) is 0 Å². The number of hydrogen-bond donors (Lipinski definition) is 2. The predicted octanol–water partition coefficient (Wildman–Crippen LogP) is -1.06. The summed E-state index contributed by atoms with van der Waals surface area (Å²) < 4.78 is 91.6. The average Bonchev–Trinajstić information content (AvgIpc) is 3.03. The Labute approximate surface area is 210 Å². The van der Waals surface area contributed by atoms with Crippen LogP contribution in [0.4, 0.5) is 5.69 Å². The minimum absolute atomic E-state index is 0. The third-order valence-corrected chi connectivity index (χ3v) is 9.46. The van der Waals surface area contributed by atoms with Gasteiger partial charge in [0.25, 0.3) is 0 Å². The molecule has 0 bridgehead atoms. The zero-order valence-corrected chi connectivity index (χ0v) is 21.9. The first-order valence-corrected chi connectivity index (χ1v) is 14.1. The molecule has 10 nitrogen and oxygen atoms in total. The van der Waals surface area contributed by atoms with Crippen molar-refractivity contribution in [3.8, 4) is 0 Å². The van der Waals surface area contributed by atoms with Gasteiger partial charge < -0.3 is 14.3 Å². The summed E-state index contributed by atoms with van der Waals surface area (Å²) >= 11 is 0. The van der Waals surface area contributed by atoms with Gasteiger partial charge in [0.05, 0.1) is 33.5 Å². The second kappa shape index (κ2) is 10.6. The van der Waals surface area contributed by atoms with Crippen LogP contribution >= 0.6 is 0 Å². The van der Waals surface area contributed by atoms with Crippen LogP contribution in [-0.4, -0.2) is 35.1 Å². The largest absolute Gasteiger partial charge is 1.00 e. The van der Waals surface area contributed by atoms with Crippen LogP contribution in [0.25, 0.3) is 0 Å². The molecule has 0 aliphatic heterocycles. The first-order chi connectivity index (χ1) is 14.4. The molecule has 172 valence electrons. The number of sulfone groups is 1. The Bertz CT molecular complexity index is 1250. The van der Waals surface area contributed by atoms with Gasteiger partial charge in [0.2, 0.25) is 10.0 Å². The van der Waals surface area contributed by atoms with Gasteiger partial charge in [0, 0.05) is 0 Å². The van der Waals surface area contributed by atoms with Gasteiger partial charge in [-0.1, -0.05) is 25.7 Å². The molecule has 1 fully saturated rings. The molecule has 3 rings (SSSR count). The number of nitrogens with one attached hydrogen (secondary N) is 1. The first-order valence-electron chi connectivity index (χ1n) is 9.57. The molecular formula is C18H23N2NaO8S3. The second-order valence-corrected chi connectivity index (χ2v) is 12.5. The van der Waals surface area contributed by atoms with Gasteiger partial charge >= 0.3 is 29.6 Å². The summed E-state index contributed by atoms with van der Waals surface area (Å²) in [6, 6.07) is 4.56. The van der Waals surface area contributed by atoms with E-state index in [0.717, 1.165) is 18.9 Å². The van der Waals surface area contributed by atoms with E-state index in [2.05, 4.69) is 5.32 Å². The standard InChI is InChI=1S/C18H24N2O8S3.Na/c19-30(23,24)18-11-16(31(25,26)27)15(20-12-13-6-5-9-28-13)10-17(18)29(21,22)14-7-3-1-2-4-8-14;/h5-6,9-11,14,20H,1-4,7-8,12H2,(H2,19,23,24)(H,25,26,27);/q;+1/p-1. The van der Waals surface area contributed by atoms with Crippen molar-refractivity contribution in [2.24, 2.45) is 5.14 Å². The Hall–Kier alpha value is -0.930. The zero-order chi connectivity index (χ0) is 22.9. The maximum atomic E-state index is 13.4. The topological polar surface area (TPSA) is 177 Å². The Morgan fingerprint density at radius 3 is 2.09 bits per heavy atom. The fourth-order valence-electron chi connectivity index (χ4n) is 3.66. The van der Waals surface area contributed by atoms with Crippen LogP contribution < -0.4 is 40.0 Å². The van der Waals surface area contributed by atoms with Gasteiger partial charge in [0.15, 0.2) is 9.84 Å². The van der Waals surface area contributed by atoms with Crippen LogP contribution in [0.1, 0.15) is 44.3 Å². The molecule has 0 atom stereocenters. The molecule has 1 heterocycles. The van der Waals surface area contributed by atoms with Crippen molar-refractivity contribution in [1.29, 1.82) is 0 Å². The summed E-state index contributed by atoms with van der Waals surface area (Å²) in [7, 11) is -14.0. The van der Waals surface area contributed by atoms with Crippen molar-refractivity contribution in [2.45, 2.75) is 65.0 Å². The van der Waals surface area contributed by atoms with E-state index < -0.39 is 49.9 Å². The number of benzene rings is 1. The number of anilines is 1. The molecule has 0 spiro atoms. The van der Waals surface area contributed by atoms with E-state index in [0.29, 0.717) is 37.5 Å². The summed E-state index contributed by atoms with van der Waals surface area (Å²) in [4.78, 5) is -2.44. The van der Waals surface area contributed by atoms with Gasteiger partial charge in [-0.15, -0.1) is 0 Å². The average molecular weight is 515 g/mol. The van der Waals surface area contributed by atoms with E-state index in [1.165, 1.54) is 6.26 Å². The fourth-order valence-corrected chi connectivity index (χ4v) is 7.65. The number of nitrogens with two attached hydrogens (primary N) is 1. The number of hydrogen-bond acceptors (Lipinski definition) is 9. The minimum Gasteiger partial charge on any atom is -0.744 e. The smallest absolute Gasteiger partial charge is 0.744 e. The molecule has 1 saturated carbocycles. The summed E-state index contributed by atoms with van der Waals surface area (Å²) in [5, 5.41) is 7.03. The van der Waals surface area contributed by atoms with E-state index in [4.69, 9.17) is 9.56 Å². The fraction of sp³-hybridized carbons (Fsp3) is 0.444. The van der Waals surface area contributed by atoms with Crippen LogP contribution in [0.2, 0.25) is 0 Å². The van der Waals surface area contributed by atoms with Crippen LogP contribution in [-0.2, 0) is 36.5 Å². The minimum atomic E-state index is -5.16. The molecule has 1 aromatic heterocycles.